The van der Waals surface area contributed by atoms with E-state index in [1.165, 1.54) is 49.0 Å². The first kappa shape index (κ1) is 16.3. The van der Waals surface area contributed by atoms with Crippen LogP contribution in [0.15, 0.2) is 0 Å². The van der Waals surface area contributed by atoms with Crippen LogP contribution in [0.25, 0.3) is 0 Å². The quantitative estimate of drug-likeness (QED) is 0.456. The van der Waals surface area contributed by atoms with Crippen molar-refractivity contribution < 1.29 is 18.3 Å². The molecule has 13 heavy (non-hydrogen) atoms. The molecule has 0 aromatic rings. The Morgan fingerprint density at radius 2 is 2.00 bits per heavy atom. The number of rotatable bonds is 5. The standard InChI is InChI=1S/C8H17.CH3NS2.Zn/c1-4-6-7-8(3)5-2;2-1(3)4;/h8H,3-7H2,1-2H3;(H3,2,3,4);. The summed E-state index contributed by atoms with van der Waals surface area (Å²) in [5.74, 6) is 1.06. The van der Waals surface area contributed by atoms with E-state index in [1.54, 1.807) is 0 Å². The van der Waals surface area contributed by atoms with E-state index in [2.05, 4.69) is 38.7 Å². The summed E-state index contributed by atoms with van der Waals surface area (Å²) in [5.41, 5.74) is 4.71. The third kappa shape index (κ3) is 19.3. The Morgan fingerprint density at radius 1 is 1.54 bits per heavy atom. The SMILES string of the molecule is CCCCC(CC)[CH2][Zn].NC(=S)S. The summed E-state index contributed by atoms with van der Waals surface area (Å²) < 4.78 is 0.194. The average molecular weight is 272 g/mol. The van der Waals surface area contributed by atoms with Gasteiger partial charge in [0.05, 0.1) is 0 Å². The van der Waals surface area contributed by atoms with E-state index in [-0.39, 0.29) is 4.32 Å². The number of nitrogens with two attached hydrogens (primary N) is 1. The minimum atomic E-state index is 0.194. The van der Waals surface area contributed by atoms with Crippen LogP contribution in [-0.4, -0.2) is 4.32 Å². The van der Waals surface area contributed by atoms with Crippen LogP contribution in [0.4, 0.5) is 0 Å². The van der Waals surface area contributed by atoms with E-state index in [0.717, 1.165) is 5.92 Å². The Morgan fingerprint density at radius 3 is 2.23 bits per heavy atom. The van der Waals surface area contributed by atoms with Crippen molar-refractivity contribution in [2.75, 3.05) is 0 Å². The fourth-order valence-corrected chi connectivity index (χ4v) is 2.51. The van der Waals surface area contributed by atoms with Gasteiger partial charge in [0.1, 0.15) is 4.32 Å². The van der Waals surface area contributed by atoms with Gasteiger partial charge in [-0.3, -0.25) is 0 Å². The number of thiol groups is 1. The minimum absolute atomic E-state index is 0.194. The van der Waals surface area contributed by atoms with Crippen molar-refractivity contribution in [1.29, 1.82) is 0 Å². The van der Waals surface area contributed by atoms with Crippen LogP contribution in [0.3, 0.4) is 0 Å². The molecular weight excluding hydrogens is 252 g/mol. The molecule has 0 rings (SSSR count). The summed E-state index contributed by atoms with van der Waals surface area (Å²) in [4.78, 5) is 0. The zero-order valence-corrected chi connectivity index (χ0v) is 13.4. The van der Waals surface area contributed by atoms with E-state index in [0.29, 0.717) is 0 Å². The van der Waals surface area contributed by atoms with Crippen molar-refractivity contribution in [3.8, 4) is 0 Å². The van der Waals surface area contributed by atoms with E-state index in [1.807, 2.05) is 0 Å². The molecule has 0 aromatic heterocycles. The Bertz CT molecular complexity index is 112. The van der Waals surface area contributed by atoms with Gasteiger partial charge in [0, 0.05) is 0 Å². The first-order valence-corrected chi connectivity index (χ1v) is 7.81. The van der Waals surface area contributed by atoms with Gasteiger partial charge in [-0.25, -0.2) is 0 Å². The van der Waals surface area contributed by atoms with E-state index in [4.69, 9.17) is 5.73 Å². The Kier molecular flexibility index (Phi) is 16.1. The summed E-state index contributed by atoms with van der Waals surface area (Å²) in [6, 6.07) is 0. The normalized spacial score (nSPS) is 11.5. The van der Waals surface area contributed by atoms with Crippen LogP contribution in [0.5, 0.6) is 0 Å². The summed E-state index contributed by atoms with van der Waals surface area (Å²) >= 11 is 9.14. The van der Waals surface area contributed by atoms with Gasteiger partial charge in [-0.2, -0.15) is 0 Å². The number of hydrogen-bond donors (Lipinski definition) is 2. The number of thiocarbonyl (C=S) groups is 1. The van der Waals surface area contributed by atoms with Gasteiger partial charge in [-0.15, -0.1) is 12.6 Å². The maximum absolute atomic E-state index is 4.71. The minimum Gasteiger partial charge on any atom is -0.385 e. The van der Waals surface area contributed by atoms with E-state index in [9.17, 15) is 0 Å². The first-order chi connectivity index (χ1) is 6.08. The molecule has 1 nitrogen and oxygen atoms in total. The Labute approximate surface area is 103 Å². The molecule has 0 fully saturated rings. The van der Waals surface area contributed by atoms with Crippen LogP contribution < -0.4 is 5.73 Å². The van der Waals surface area contributed by atoms with Gasteiger partial charge < -0.3 is 5.73 Å². The third-order valence-corrected chi connectivity index (χ3v) is 3.66. The van der Waals surface area contributed by atoms with E-state index < -0.39 is 0 Å². The summed E-state index contributed by atoms with van der Waals surface area (Å²) in [7, 11) is 0. The molecule has 75 valence electrons. The monoisotopic (exact) mass is 270 g/mol. The van der Waals surface area contributed by atoms with Gasteiger partial charge >= 0.3 is 68.8 Å². The van der Waals surface area contributed by atoms with Crippen molar-refractivity contribution in [2.24, 2.45) is 11.7 Å². The van der Waals surface area contributed by atoms with Gasteiger partial charge in [0.2, 0.25) is 0 Å². The molecule has 0 heterocycles. The molecule has 0 saturated heterocycles. The van der Waals surface area contributed by atoms with Crippen molar-refractivity contribution in [2.45, 2.75) is 44.5 Å². The van der Waals surface area contributed by atoms with Crippen LogP contribution in [-0.2, 0) is 18.3 Å². The van der Waals surface area contributed by atoms with Crippen LogP contribution >= 0.6 is 24.8 Å². The van der Waals surface area contributed by atoms with Crippen molar-refractivity contribution in [3.63, 3.8) is 0 Å². The molecule has 2 N–H and O–H groups in total. The molecule has 0 aliphatic heterocycles. The van der Waals surface area contributed by atoms with Crippen LogP contribution in [0.1, 0.15) is 39.5 Å². The number of hydrogen-bond acceptors (Lipinski definition) is 1. The molecule has 0 radical (unpaired) electrons. The molecule has 4 heteroatoms. The molecule has 0 amide bonds. The summed E-state index contributed by atoms with van der Waals surface area (Å²) in [6.45, 7) is 4.59. The maximum Gasteiger partial charge on any atom is 0.128 e. The second-order valence-electron chi connectivity index (χ2n) is 3.04. The first-order valence-electron chi connectivity index (χ1n) is 4.86. The largest absolute Gasteiger partial charge is 0.385 e. The summed E-state index contributed by atoms with van der Waals surface area (Å²) in [6.07, 6.45) is 5.70. The topological polar surface area (TPSA) is 26.0 Å². The molecule has 1 atom stereocenters. The molecule has 0 aliphatic carbocycles. The van der Waals surface area contributed by atoms with Crippen molar-refractivity contribution >= 4 is 29.2 Å². The Balaban J connectivity index is 0. The maximum atomic E-state index is 4.71. The fraction of sp³-hybridized carbons (Fsp3) is 0.889. The molecular formula is C9H20NS2Zn. The smallest absolute Gasteiger partial charge is 0.128 e. The predicted octanol–water partition coefficient (Wildman–Crippen LogP) is 3.33. The van der Waals surface area contributed by atoms with Crippen molar-refractivity contribution in [3.05, 3.63) is 0 Å². The van der Waals surface area contributed by atoms with Gasteiger partial charge in [0.15, 0.2) is 0 Å². The molecule has 0 saturated carbocycles. The average Bonchev–Trinajstić information content (AvgIpc) is 2.06. The zero-order valence-electron chi connectivity index (χ0n) is 8.75. The summed E-state index contributed by atoms with van der Waals surface area (Å²) in [5, 5.41) is 1.50. The molecule has 0 aromatic carbocycles. The molecule has 0 spiro atoms. The number of unbranched alkanes of at least 4 members (excludes halogenated alkanes) is 1. The van der Waals surface area contributed by atoms with Crippen LogP contribution in [0, 0.1) is 5.92 Å². The van der Waals surface area contributed by atoms with Crippen molar-refractivity contribution in [1.82, 2.24) is 0 Å². The van der Waals surface area contributed by atoms with Gasteiger partial charge in [-0.1, -0.05) is 12.2 Å². The third-order valence-electron chi connectivity index (χ3n) is 1.95. The second-order valence-corrected chi connectivity index (χ2v) is 5.48. The predicted molar refractivity (Wildman–Crippen MR) is 63.9 cm³/mol. The second kappa shape index (κ2) is 12.9. The molecule has 0 bridgehead atoms. The van der Waals surface area contributed by atoms with E-state index >= 15 is 0 Å². The molecule has 0 aliphatic rings. The van der Waals surface area contributed by atoms with Gasteiger partial charge in [-0.05, 0) is 0 Å². The van der Waals surface area contributed by atoms with Gasteiger partial charge in [0.25, 0.3) is 0 Å². The Hall–Kier alpha value is 0.863. The zero-order chi connectivity index (χ0) is 10.7. The molecule has 1 unspecified atom stereocenters. The fourth-order valence-electron chi connectivity index (χ4n) is 1.05. The van der Waals surface area contributed by atoms with Crippen LogP contribution in [0.2, 0.25) is 5.02 Å².